The molecule has 3 aliphatic heterocycles. The number of Topliss-reactive ketones (excluding diaryl/α,β-unsaturated/α-hetero) is 1. The highest BCUT2D eigenvalue weighted by atomic mass is 31.2. The van der Waals surface area contributed by atoms with E-state index < -0.39 is 50.2 Å². The lowest BCUT2D eigenvalue weighted by molar-refractivity contribution is -0.146. The van der Waals surface area contributed by atoms with E-state index in [9.17, 15) is 18.5 Å². The van der Waals surface area contributed by atoms with Crippen molar-refractivity contribution in [1.82, 2.24) is 4.90 Å². The van der Waals surface area contributed by atoms with E-state index in [0.29, 0.717) is 0 Å². The quantitative estimate of drug-likeness (QED) is 0.374. The zero-order valence-corrected chi connectivity index (χ0v) is 15.5. The molecule has 4 atom stereocenters. The van der Waals surface area contributed by atoms with Gasteiger partial charge in [0.05, 0.1) is 19.6 Å². The Labute approximate surface area is 151 Å². The number of ether oxygens (including phenoxy) is 1. The number of phosphoric acid groups is 1. The molecule has 0 aliphatic carbocycles. The SMILES string of the molecule is CCCCCCOP1(=O)OC[C@H]2O[C@@H](N3C=C(F)C(=O)CC3=O)C[C@@H]2O1. The van der Waals surface area contributed by atoms with E-state index in [4.69, 9.17) is 18.3 Å². The summed E-state index contributed by atoms with van der Waals surface area (Å²) in [6, 6.07) is 0. The third-order valence-electron chi connectivity index (χ3n) is 4.52. The maximum Gasteiger partial charge on any atom is 0.475 e. The van der Waals surface area contributed by atoms with Crippen LogP contribution in [0.4, 0.5) is 4.39 Å². The molecule has 0 saturated carbocycles. The van der Waals surface area contributed by atoms with Crippen LogP contribution in [0.3, 0.4) is 0 Å². The lowest BCUT2D eigenvalue weighted by atomic mass is 10.1. The molecular weight excluding hydrogens is 368 g/mol. The molecule has 0 aromatic carbocycles. The van der Waals surface area contributed by atoms with Crippen LogP contribution in [0, 0.1) is 0 Å². The molecule has 1 amide bonds. The third-order valence-corrected chi connectivity index (χ3v) is 6.01. The number of amides is 1. The molecule has 2 saturated heterocycles. The molecule has 146 valence electrons. The Morgan fingerprint density at radius 3 is 2.88 bits per heavy atom. The van der Waals surface area contributed by atoms with Gasteiger partial charge in [-0.1, -0.05) is 26.2 Å². The van der Waals surface area contributed by atoms with Gasteiger partial charge in [-0.15, -0.1) is 0 Å². The fourth-order valence-electron chi connectivity index (χ4n) is 3.09. The first-order valence-electron chi connectivity index (χ1n) is 8.86. The molecule has 1 unspecified atom stereocenters. The van der Waals surface area contributed by atoms with E-state index >= 15 is 0 Å². The van der Waals surface area contributed by atoms with Crippen molar-refractivity contribution in [1.29, 1.82) is 0 Å². The first kappa shape index (κ1) is 19.6. The Bertz CT molecular complexity index is 640. The van der Waals surface area contributed by atoms with Crippen molar-refractivity contribution in [3.05, 3.63) is 12.0 Å². The second-order valence-electron chi connectivity index (χ2n) is 6.52. The fourth-order valence-corrected chi connectivity index (χ4v) is 4.52. The fraction of sp³-hybridized carbons (Fsp3) is 0.750. The Morgan fingerprint density at radius 2 is 2.12 bits per heavy atom. The summed E-state index contributed by atoms with van der Waals surface area (Å²) in [6.45, 7) is 2.37. The van der Waals surface area contributed by atoms with Crippen LogP contribution >= 0.6 is 7.82 Å². The van der Waals surface area contributed by atoms with E-state index in [-0.39, 0.29) is 19.6 Å². The zero-order valence-electron chi connectivity index (χ0n) is 14.6. The van der Waals surface area contributed by atoms with Gasteiger partial charge >= 0.3 is 7.82 Å². The zero-order chi connectivity index (χ0) is 18.7. The number of ketones is 1. The lowest BCUT2D eigenvalue weighted by Crippen LogP contribution is -2.40. The third kappa shape index (κ3) is 4.40. The number of hydrogen-bond donors (Lipinski definition) is 0. The van der Waals surface area contributed by atoms with Gasteiger partial charge in [0.1, 0.15) is 18.4 Å². The predicted molar refractivity (Wildman–Crippen MR) is 87.5 cm³/mol. The van der Waals surface area contributed by atoms with E-state index in [0.717, 1.165) is 36.8 Å². The Morgan fingerprint density at radius 1 is 1.31 bits per heavy atom. The van der Waals surface area contributed by atoms with Gasteiger partial charge in [0, 0.05) is 12.6 Å². The van der Waals surface area contributed by atoms with Gasteiger partial charge in [0.25, 0.3) is 0 Å². The van der Waals surface area contributed by atoms with Crippen LogP contribution < -0.4 is 0 Å². The van der Waals surface area contributed by atoms with E-state index in [1.165, 1.54) is 0 Å². The monoisotopic (exact) mass is 391 g/mol. The van der Waals surface area contributed by atoms with Crippen LogP contribution in [0.5, 0.6) is 0 Å². The summed E-state index contributed by atoms with van der Waals surface area (Å²) in [6.07, 6.45) is 2.49. The Hall–Kier alpha value is -1.12. The minimum absolute atomic E-state index is 0.000557. The van der Waals surface area contributed by atoms with Crippen molar-refractivity contribution in [2.45, 2.75) is 63.9 Å². The number of fused-ring (bicyclic) bond motifs is 1. The van der Waals surface area contributed by atoms with Crippen molar-refractivity contribution in [2.24, 2.45) is 0 Å². The summed E-state index contributed by atoms with van der Waals surface area (Å²) in [5, 5.41) is 0. The van der Waals surface area contributed by atoms with Gasteiger partial charge in [-0.2, -0.15) is 0 Å². The molecule has 0 aromatic heterocycles. The van der Waals surface area contributed by atoms with Crippen LogP contribution in [-0.2, 0) is 32.5 Å². The number of carbonyl (C=O) groups is 2. The van der Waals surface area contributed by atoms with Gasteiger partial charge < -0.3 is 4.74 Å². The molecular formula is C16H23FNO7P. The summed E-state index contributed by atoms with van der Waals surface area (Å²) in [4.78, 5) is 24.2. The van der Waals surface area contributed by atoms with Gasteiger partial charge in [0.2, 0.25) is 11.7 Å². The van der Waals surface area contributed by atoms with Crippen molar-refractivity contribution >= 4 is 19.5 Å². The molecule has 8 nitrogen and oxygen atoms in total. The molecule has 0 bridgehead atoms. The van der Waals surface area contributed by atoms with Crippen molar-refractivity contribution in [3.63, 3.8) is 0 Å². The standard InChI is InChI=1S/C16H23FNO7P/c1-2-3-4-5-6-22-26(21)23-10-14-13(25-26)8-16(24-14)18-9-11(17)12(19)7-15(18)20/h9,13-14,16H,2-8,10H2,1H3/t13-,14+,16+,26?/m0/s1. The average Bonchev–Trinajstić information content (AvgIpc) is 3.00. The minimum atomic E-state index is -3.66. The van der Waals surface area contributed by atoms with Gasteiger partial charge in [-0.25, -0.2) is 8.96 Å². The largest absolute Gasteiger partial charge is 0.475 e. The summed E-state index contributed by atoms with van der Waals surface area (Å²) in [5.41, 5.74) is 0. The maximum absolute atomic E-state index is 13.5. The van der Waals surface area contributed by atoms with Crippen molar-refractivity contribution in [2.75, 3.05) is 13.2 Å². The normalized spacial score (nSPS) is 34.8. The topological polar surface area (TPSA) is 91.4 Å². The molecule has 0 spiro atoms. The van der Waals surface area contributed by atoms with Crippen LogP contribution in [0.2, 0.25) is 0 Å². The van der Waals surface area contributed by atoms with E-state index in [1.54, 1.807) is 0 Å². The second-order valence-corrected chi connectivity index (χ2v) is 8.15. The van der Waals surface area contributed by atoms with Crippen molar-refractivity contribution < 1.29 is 36.9 Å². The highest BCUT2D eigenvalue weighted by Gasteiger charge is 2.49. The summed E-state index contributed by atoms with van der Waals surface area (Å²) >= 11 is 0. The molecule has 0 aromatic rings. The van der Waals surface area contributed by atoms with Crippen molar-refractivity contribution in [3.8, 4) is 0 Å². The lowest BCUT2D eigenvalue weighted by Gasteiger charge is -2.30. The first-order chi connectivity index (χ1) is 12.4. The van der Waals surface area contributed by atoms with Gasteiger partial charge in [0.15, 0.2) is 5.83 Å². The van der Waals surface area contributed by atoms with Gasteiger partial charge in [-0.05, 0) is 6.42 Å². The number of allylic oxidation sites excluding steroid dienone is 1. The number of rotatable bonds is 7. The predicted octanol–water partition coefficient (Wildman–Crippen LogP) is 2.83. The van der Waals surface area contributed by atoms with E-state index in [1.807, 2.05) is 0 Å². The molecule has 0 radical (unpaired) electrons. The molecule has 0 N–H and O–H groups in total. The summed E-state index contributed by atoms with van der Waals surface area (Å²) in [5.74, 6) is -2.38. The molecule has 3 rings (SSSR count). The molecule has 3 aliphatic rings. The molecule has 26 heavy (non-hydrogen) atoms. The molecule has 10 heteroatoms. The highest BCUT2D eigenvalue weighted by Crippen LogP contribution is 2.56. The van der Waals surface area contributed by atoms with Crippen LogP contribution in [0.1, 0.15) is 45.4 Å². The van der Waals surface area contributed by atoms with Crippen LogP contribution in [0.15, 0.2) is 12.0 Å². The van der Waals surface area contributed by atoms with E-state index in [2.05, 4.69) is 6.92 Å². The summed E-state index contributed by atoms with van der Waals surface area (Å²) in [7, 11) is -3.66. The number of nitrogens with zero attached hydrogens (tertiary/aromatic N) is 1. The van der Waals surface area contributed by atoms with Gasteiger partial charge in [-0.3, -0.25) is 28.1 Å². The molecule has 2 fully saturated rings. The number of carbonyl (C=O) groups excluding carboxylic acids is 2. The maximum atomic E-state index is 13.5. The Kier molecular flexibility index (Phi) is 6.25. The smallest absolute Gasteiger partial charge is 0.349 e. The summed E-state index contributed by atoms with van der Waals surface area (Å²) < 4.78 is 47.7. The number of halogens is 1. The second kappa shape index (κ2) is 8.27. The highest BCUT2D eigenvalue weighted by molar-refractivity contribution is 7.48. The number of phosphoric ester groups is 1. The average molecular weight is 391 g/mol. The Balaban J connectivity index is 1.55. The minimum Gasteiger partial charge on any atom is -0.349 e. The number of unbranched alkanes of at least 4 members (excludes halogenated alkanes) is 3. The number of hydrogen-bond acceptors (Lipinski definition) is 7. The van der Waals surface area contributed by atoms with Crippen LogP contribution in [-0.4, -0.2) is 48.2 Å². The first-order valence-corrected chi connectivity index (χ1v) is 10.3. The van der Waals surface area contributed by atoms with Crippen LogP contribution in [0.25, 0.3) is 0 Å². The molecule has 3 heterocycles.